The summed E-state index contributed by atoms with van der Waals surface area (Å²) >= 11 is 0. The molecular formula is C43H30N2. The molecule has 9 rings (SSSR count). The van der Waals surface area contributed by atoms with E-state index in [1.165, 1.54) is 60.3 Å². The second-order valence-corrected chi connectivity index (χ2v) is 11.9. The SMILES string of the molecule is C1=CCCC(n2c(-c3ccc(-c4c5ccccc5c(-c5ccc6ccccc6c5)c5ccccc45)cc3)nc3ccccc32)=C1. The molecule has 0 N–H and O–H groups in total. The quantitative estimate of drug-likeness (QED) is 0.191. The normalized spacial score (nSPS) is 13.2. The Labute approximate surface area is 262 Å². The van der Waals surface area contributed by atoms with Gasteiger partial charge < -0.3 is 0 Å². The van der Waals surface area contributed by atoms with Gasteiger partial charge in [0.05, 0.1) is 11.0 Å². The first-order valence-electron chi connectivity index (χ1n) is 15.7. The standard InChI is InChI=1S/C43H30N2/c1-2-14-34(15-3-1)45-40-21-11-10-20-39(40)44-43(45)31-25-23-30(24-26-31)41-35-16-6-8-18-37(35)42(38-19-9-7-17-36(38)41)33-27-22-29-12-4-5-13-32(29)28-33/h1-2,4-14,16-28H,3,15H2. The molecule has 0 saturated heterocycles. The smallest absolute Gasteiger partial charge is 0.145 e. The number of hydrogen-bond acceptors (Lipinski definition) is 1. The van der Waals surface area contributed by atoms with Crippen LogP contribution in [0.25, 0.3) is 82.7 Å². The first kappa shape index (κ1) is 25.7. The molecule has 0 unspecified atom stereocenters. The van der Waals surface area contributed by atoms with Gasteiger partial charge in [-0.25, -0.2) is 4.98 Å². The molecule has 1 aliphatic carbocycles. The van der Waals surface area contributed by atoms with Crippen LogP contribution in [-0.2, 0) is 0 Å². The molecule has 0 saturated carbocycles. The molecule has 2 nitrogen and oxygen atoms in total. The molecular weight excluding hydrogens is 544 g/mol. The van der Waals surface area contributed by atoms with Gasteiger partial charge in [0, 0.05) is 11.3 Å². The first-order chi connectivity index (χ1) is 22.3. The maximum atomic E-state index is 5.13. The monoisotopic (exact) mass is 574 g/mol. The number of allylic oxidation sites excluding steroid dienone is 4. The van der Waals surface area contributed by atoms with Crippen molar-refractivity contribution in [2.24, 2.45) is 0 Å². The third-order valence-electron chi connectivity index (χ3n) is 9.24. The van der Waals surface area contributed by atoms with Gasteiger partial charge in [-0.05, 0) is 91.7 Å². The molecule has 0 spiro atoms. The maximum absolute atomic E-state index is 5.13. The second kappa shape index (κ2) is 10.5. The minimum absolute atomic E-state index is 0.991. The molecule has 0 radical (unpaired) electrons. The number of benzene rings is 7. The van der Waals surface area contributed by atoms with Crippen molar-refractivity contribution in [2.45, 2.75) is 12.8 Å². The van der Waals surface area contributed by atoms with E-state index >= 15 is 0 Å². The van der Waals surface area contributed by atoms with Crippen molar-refractivity contribution in [3.05, 3.63) is 158 Å². The average Bonchev–Trinajstić information content (AvgIpc) is 3.50. The fourth-order valence-corrected chi connectivity index (χ4v) is 7.17. The zero-order valence-electron chi connectivity index (χ0n) is 24.8. The third kappa shape index (κ3) is 4.22. The number of nitrogens with zero attached hydrogens (tertiary/aromatic N) is 2. The summed E-state index contributed by atoms with van der Waals surface area (Å²) in [5.74, 6) is 0.991. The summed E-state index contributed by atoms with van der Waals surface area (Å²) in [5.41, 5.74) is 9.58. The first-order valence-corrected chi connectivity index (χ1v) is 15.7. The van der Waals surface area contributed by atoms with Crippen LogP contribution in [0, 0.1) is 0 Å². The Morgan fingerprint density at radius 2 is 1.09 bits per heavy atom. The van der Waals surface area contributed by atoms with Crippen LogP contribution in [0.4, 0.5) is 0 Å². The predicted octanol–water partition coefficient (Wildman–Crippen LogP) is 11.7. The fourth-order valence-electron chi connectivity index (χ4n) is 7.17. The van der Waals surface area contributed by atoms with Crippen molar-refractivity contribution in [2.75, 3.05) is 0 Å². The number of hydrogen-bond donors (Lipinski definition) is 0. The molecule has 0 aliphatic heterocycles. The van der Waals surface area contributed by atoms with Crippen LogP contribution in [0.5, 0.6) is 0 Å². The van der Waals surface area contributed by atoms with Gasteiger partial charge in [0.1, 0.15) is 5.82 Å². The molecule has 45 heavy (non-hydrogen) atoms. The summed E-state index contributed by atoms with van der Waals surface area (Å²) in [6.45, 7) is 0. The Morgan fingerprint density at radius 3 is 1.78 bits per heavy atom. The molecule has 8 aromatic rings. The number of para-hydroxylation sites is 2. The fraction of sp³-hybridized carbons (Fsp3) is 0.0465. The van der Waals surface area contributed by atoms with Crippen LogP contribution in [0.2, 0.25) is 0 Å². The van der Waals surface area contributed by atoms with Gasteiger partial charge in [0.15, 0.2) is 0 Å². The summed E-state index contributed by atoms with van der Waals surface area (Å²) in [6.07, 6.45) is 8.68. The summed E-state index contributed by atoms with van der Waals surface area (Å²) in [7, 11) is 0. The van der Waals surface area contributed by atoms with Gasteiger partial charge >= 0.3 is 0 Å². The molecule has 0 bridgehead atoms. The van der Waals surface area contributed by atoms with Gasteiger partial charge in [0.2, 0.25) is 0 Å². The molecule has 0 atom stereocenters. The van der Waals surface area contributed by atoms with E-state index in [9.17, 15) is 0 Å². The van der Waals surface area contributed by atoms with Crippen molar-refractivity contribution in [1.29, 1.82) is 0 Å². The van der Waals surface area contributed by atoms with E-state index in [1.54, 1.807) is 0 Å². The van der Waals surface area contributed by atoms with Crippen LogP contribution >= 0.6 is 0 Å². The van der Waals surface area contributed by atoms with Gasteiger partial charge in [-0.1, -0.05) is 133 Å². The predicted molar refractivity (Wildman–Crippen MR) is 191 cm³/mol. The highest BCUT2D eigenvalue weighted by atomic mass is 15.1. The molecule has 2 heteroatoms. The number of fused-ring (bicyclic) bond motifs is 4. The van der Waals surface area contributed by atoms with E-state index in [1.807, 2.05) is 0 Å². The summed E-state index contributed by atoms with van der Waals surface area (Å²) in [4.78, 5) is 5.13. The van der Waals surface area contributed by atoms with Crippen LogP contribution in [-0.4, -0.2) is 9.55 Å². The molecule has 212 valence electrons. The van der Waals surface area contributed by atoms with E-state index in [0.717, 1.165) is 35.3 Å². The Morgan fingerprint density at radius 1 is 0.511 bits per heavy atom. The lowest BCUT2D eigenvalue weighted by molar-refractivity contribution is 0.960. The molecule has 0 amide bonds. The van der Waals surface area contributed by atoms with Crippen LogP contribution in [0.15, 0.2) is 158 Å². The highest BCUT2D eigenvalue weighted by Crippen LogP contribution is 2.44. The van der Waals surface area contributed by atoms with Gasteiger partial charge in [-0.3, -0.25) is 4.57 Å². The molecule has 1 aliphatic rings. The van der Waals surface area contributed by atoms with E-state index in [4.69, 9.17) is 4.98 Å². The highest BCUT2D eigenvalue weighted by Gasteiger charge is 2.19. The Balaban J connectivity index is 1.24. The molecule has 0 fully saturated rings. The summed E-state index contributed by atoms with van der Waals surface area (Å²) < 4.78 is 2.34. The largest absolute Gasteiger partial charge is 0.296 e. The maximum Gasteiger partial charge on any atom is 0.145 e. The third-order valence-corrected chi connectivity index (χ3v) is 9.24. The lowest BCUT2D eigenvalue weighted by Crippen LogP contribution is -2.01. The van der Waals surface area contributed by atoms with Gasteiger partial charge in [-0.2, -0.15) is 0 Å². The molecule has 1 heterocycles. The molecule has 1 aromatic heterocycles. The Hall–Kier alpha value is -5.73. The van der Waals surface area contributed by atoms with Crippen molar-refractivity contribution < 1.29 is 0 Å². The lowest BCUT2D eigenvalue weighted by atomic mass is 9.85. The zero-order chi connectivity index (χ0) is 29.7. The van der Waals surface area contributed by atoms with Crippen molar-refractivity contribution in [3.8, 4) is 33.6 Å². The van der Waals surface area contributed by atoms with Crippen molar-refractivity contribution in [3.63, 3.8) is 0 Å². The summed E-state index contributed by atoms with van der Waals surface area (Å²) in [6, 6.07) is 50.7. The minimum Gasteiger partial charge on any atom is -0.296 e. The number of rotatable bonds is 4. The van der Waals surface area contributed by atoms with E-state index in [0.29, 0.717) is 0 Å². The Kier molecular flexibility index (Phi) is 5.99. The number of imidazole rings is 1. The topological polar surface area (TPSA) is 17.8 Å². The van der Waals surface area contributed by atoms with Crippen LogP contribution in [0.1, 0.15) is 12.8 Å². The lowest BCUT2D eigenvalue weighted by Gasteiger charge is -2.18. The van der Waals surface area contributed by atoms with E-state index in [2.05, 4.69) is 162 Å². The molecule has 7 aromatic carbocycles. The van der Waals surface area contributed by atoms with E-state index in [-0.39, 0.29) is 0 Å². The zero-order valence-corrected chi connectivity index (χ0v) is 24.8. The van der Waals surface area contributed by atoms with Gasteiger partial charge in [-0.15, -0.1) is 0 Å². The van der Waals surface area contributed by atoms with E-state index < -0.39 is 0 Å². The average molecular weight is 575 g/mol. The highest BCUT2D eigenvalue weighted by molar-refractivity contribution is 6.21. The minimum atomic E-state index is 0.991. The van der Waals surface area contributed by atoms with Crippen molar-refractivity contribution >= 4 is 49.0 Å². The summed E-state index contributed by atoms with van der Waals surface area (Å²) in [5, 5.41) is 7.58. The second-order valence-electron chi connectivity index (χ2n) is 11.9. The van der Waals surface area contributed by atoms with Gasteiger partial charge in [0.25, 0.3) is 0 Å². The van der Waals surface area contributed by atoms with Crippen molar-refractivity contribution in [1.82, 2.24) is 9.55 Å². The number of aromatic nitrogens is 2. The van der Waals surface area contributed by atoms with Crippen LogP contribution in [0.3, 0.4) is 0 Å². The Bertz CT molecular complexity index is 2420. The van der Waals surface area contributed by atoms with Crippen LogP contribution < -0.4 is 0 Å².